The molecule has 0 spiro atoms. The zero-order valence-electron chi connectivity index (χ0n) is 3.79. The molecule has 0 saturated heterocycles. The van der Waals surface area contributed by atoms with Crippen LogP contribution in [0.1, 0.15) is 0 Å². The summed E-state index contributed by atoms with van der Waals surface area (Å²) in [6, 6.07) is 0. The van der Waals surface area contributed by atoms with Crippen LogP contribution in [0, 0.1) is 0 Å². The van der Waals surface area contributed by atoms with E-state index in [1.165, 1.54) is 18.8 Å². The molecule has 0 aliphatic carbocycles. The van der Waals surface area contributed by atoms with E-state index in [4.69, 9.17) is 0 Å². The minimum absolute atomic E-state index is 0. The van der Waals surface area contributed by atoms with Crippen molar-refractivity contribution in [1.82, 2.24) is 0 Å². The van der Waals surface area contributed by atoms with E-state index in [1.807, 2.05) is 0 Å². The maximum absolute atomic E-state index is 4.65. The van der Waals surface area contributed by atoms with Gasteiger partial charge in [-0.05, 0) is 0 Å². The van der Waals surface area contributed by atoms with Crippen LogP contribution in [-0.2, 0) is 18.8 Å². The Balaban J connectivity index is -0.000000000333. The van der Waals surface area contributed by atoms with Crippen molar-refractivity contribution < 1.29 is 51.6 Å². The summed E-state index contributed by atoms with van der Waals surface area (Å²) < 4.78 is 0. The third-order valence-corrected chi connectivity index (χ3v) is 0. The second-order valence-electron chi connectivity index (χ2n) is 0. The van der Waals surface area contributed by atoms with Crippen LogP contribution in [-0.4, -0.2) is 32.9 Å². The summed E-state index contributed by atoms with van der Waals surface area (Å²) in [5.74, 6) is 0. The van der Waals surface area contributed by atoms with Crippen LogP contribution in [0.2, 0.25) is 0 Å². The van der Waals surface area contributed by atoms with Crippen LogP contribution in [0.3, 0.4) is 0 Å². The molecule has 0 heterocycles. The van der Waals surface area contributed by atoms with Crippen molar-refractivity contribution in [2.45, 2.75) is 0 Å². The Morgan fingerprint density at radius 2 is 0.500 bits per heavy atom. The normalized spacial score (nSPS) is 0.625. The summed E-state index contributed by atoms with van der Waals surface area (Å²) in [5, 5.41) is 0. The van der Waals surface area contributed by atoms with E-state index in [0.29, 0.717) is 0 Å². The summed E-state index contributed by atoms with van der Waals surface area (Å²) in [4.78, 5) is 0. The Labute approximate surface area is 61.5 Å². The monoisotopic (exact) mass is 241 g/mol. The number of rotatable bonds is 0. The van der Waals surface area contributed by atoms with Crippen molar-refractivity contribution in [2.24, 2.45) is 0 Å². The second-order valence-corrected chi connectivity index (χ2v) is 0. The molecular formula is H12ClMoO6. The Kier molecular flexibility index (Phi) is 14000. The van der Waals surface area contributed by atoms with Crippen LogP contribution >= 0.6 is 9.42 Å². The number of hydrogen-bond acceptors (Lipinski definition) is 0. The predicted molar refractivity (Wildman–Crippen MR) is 27.5 cm³/mol. The van der Waals surface area contributed by atoms with Crippen molar-refractivity contribution in [2.75, 3.05) is 0 Å². The number of halogens is 1. The Bertz CT molecular complexity index is 8.49. The fraction of sp³-hybridized carbons (Fsp3) is 0. The predicted octanol–water partition coefficient (Wildman–Crippen LogP) is -4.26. The van der Waals surface area contributed by atoms with Crippen LogP contribution in [0.15, 0.2) is 0 Å². The first-order valence-electron chi connectivity index (χ1n) is 0.154. The molecular weight excluding hydrogens is 227 g/mol. The third kappa shape index (κ3) is 407. The van der Waals surface area contributed by atoms with E-state index >= 15 is 0 Å². The van der Waals surface area contributed by atoms with Gasteiger partial charge in [-0.1, -0.05) is 0 Å². The summed E-state index contributed by atoms with van der Waals surface area (Å²) in [7, 11) is 4.65. The van der Waals surface area contributed by atoms with E-state index in [0.717, 1.165) is 0 Å². The van der Waals surface area contributed by atoms with Gasteiger partial charge < -0.3 is 32.9 Å². The van der Waals surface area contributed by atoms with Gasteiger partial charge in [0.1, 0.15) is 0 Å². The quantitative estimate of drug-likeness (QED) is 0.370. The van der Waals surface area contributed by atoms with E-state index in [-0.39, 0.29) is 32.9 Å². The third-order valence-electron chi connectivity index (χ3n) is 0. The van der Waals surface area contributed by atoms with Gasteiger partial charge in [-0.25, -0.2) is 0 Å². The first kappa shape index (κ1) is 173. The van der Waals surface area contributed by atoms with Crippen molar-refractivity contribution in [3.8, 4) is 0 Å². The zero-order chi connectivity index (χ0) is 2.00. The molecule has 0 aromatic heterocycles. The first-order valence-corrected chi connectivity index (χ1v) is 2.74. The van der Waals surface area contributed by atoms with E-state index in [9.17, 15) is 0 Å². The molecule has 0 bridgehead atoms. The minimum atomic E-state index is 0. The average Bonchev–Trinajstić information content (AvgIpc) is 1.00. The van der Waals surface area contributed by atoms with Crippen molar-refractivity contribution in [3.63, 3.8) is 0 Å². The topological polar surface area (TPSA) is 189 Å². The van der Waals surface area contributed by atoms with Gasteiger partial charge in [0.15, 0.2) is 0 Å². The van der Waals surface area contributed by atoms with Gasteiger partial charge in [0.25, 0.3) is 0 Å². The van der Waals surface area contributed by atoms with Gasteiger partial charge in [-0.2, -0.15) is 0 Å². The molecule has 0 aromatic rings. The molecule has 0 aromatic carbocycles. The average molecular weight is 239 g/mol. The number of hydrogen-bond donors (Lipinski definition) is 0. The van der Waals surface area contributed by atoms with E-state index < -0.39 is 0 Å². The molecule has 6 nitrogen and oxygen atoms in total. The van der Waals surface area contributed by atoms with Gasteiger partial charge in [0, 0.05) is 0 Å². The van der Waals surface area contributed by atoms with Crippen LogP contribution in [0.4, 0.5) is 0 Å². The molecule has 0 aliphatic rings. The molecule has 61 valence electrons. The molecule has 8 heavy (non-hydrogen) atoms. The van der Waals surface area contributed by atoms with E-state index in [2.05, 4.69) is 9.42 Å². The summed E-state index contributed by atoms with van der Waals surface area (Å²) >= 11 is 1.42. The molecule has 0 amide bonds. The SMILES string of the molecule is O.O.O.O.O.O.[Cl][Mo]. The summed E-state index contributed by atoms with van der Waals surface area (Å²) in [6.07, 6.45) is 0. The standard InChI is InChI=1S/ClH.Mo.6H2O/h1H;;6*1H2/q;+1;;;;;;/p-1. The van der Waals surface area contributed by atoms with Crippen molar-refractivity contribution in [3.05, 3.63) is 0 Å². The molecule has 12 N–H and O–H groups in total. The molecule has 0 unspecified atom stereocenters. The Morgan fingerprint density at radius 3 is 0.500 bits per heavy atom. The molecule has 0 aliphatic heterocycles. The second kappa shape index (κ2) is 645. The maximum atomic E-state index is 4.65. The van der Waals surface area contributed by atoms with Gasteiger partial charge in [0.2, 0.25) is 0 Å². The van der Waals surface area contributed by atoms with Gasteiger partial charge >= 0.3 is 28.2 Å². The van der Waals surface area contributed by atoms with E-state index in [1.54, 1.807) is 0 Å². The molecule has 0 saturated carbocycles. The Hall–Kier alpha value is 0.738. The van der Waals surface area contributed by atoms with Gasteiger partial charge in [-0.15, -0.1) is 0 Å². The molecule has 0 rings (SSSR count). The van der Waals surface area contributed by atoms with Gasteiger partial charge in [-0.3, -0.25) is 0 Å². The molecule has 0 radical (unpaired) electrons. The Morgan fingerprint density at radius 1 is 0.500 bits per heavy atom. The van der Waals surface area contributed by atoms with Gasteiger partial charge in [0.05, 0.1) is 0 Å². The van der Waals surface area contributed by atoms with Crippen LogP contribution in [0.5, 0.6) is 0 Å². The van der Waals surface area contributed by atoms with Crippen LogP contribution < -0.4 is 0 Å². The zero-order valence-corrected chi connectivity index (χ0v) is 6.55. The summed E-state index contributed by atoms with van der Waals surface area (Å²) in [5.41, 5.74) is 0. The molecule has 0 atom stereocenters. The fourth-order valence-corrected chi connectivity index (χ4v) is 0. The first-order chi connectivity index (χ1) is 1.00. The molecule has 0 fully saturated rings. The molecule has 8 heteroatoms. The summed E-state index contributed by atoms with van der Waals surface area (Å²) in [6.45, 7) is 0. The van der Waals surface area contributed by atoms with Crippen LogP contribution in [0.25, 0.3) is 0 Å². The van der Waals surface area contributed by atoms with Crippen molar-refractivity contribution in [1.29, 1.82) is 0 Å². The fourth-order valence-electron chi connectivity index (χ4n) is 0. The van der Waals surface area contributed by atoms with Crippen molar-refractivity contribution >= 4 is 9.42 Å².